The fourth-order valence-electron chi connectivity index (χ4n) is 3.19. The van der Waals surface area contributed by atoms with Gasteiger partial charge in [-0.3, -0.25) is 9.79 Å². The molecule has 2 heterocycles. The van der Waals surface area contributed by atoms with Crippen LogP contribution >= 0.6 is 24.0 Å². The lowest BCUT2D eigenvalue weighted by molar-refractivity contribution is 0.0948. The van der Waals surface area contributed by atoms with E-state index < -0.39 is 0 Å². The number of benzene rings is 2. The summed E-state index contributed by atoms with van der Waals surface area (Å²) in [6.45, 7) is 1.32. The lowest BCUT2D eigenvalue weighted by atomic mass is 10.1. The van der Waals surface area contributed by atoms with Gasteiger partial charge in [0, 0.05) is 24.7 Å². The van der Waals surface area contributed by atoms with Crippen LogP contribution in [0.1, 0.15) is 27.4 Å². The van der Waals surface area contributed by atoms with Crippen LogP contribution in [0.2, 0.25) is 0 Å². The Labute approximate surface area is 214 Å². The number of nitrogens with one attached hydrogen (secondary N) is 3. The van der Waals surface area contributed by atoms with E-state index in [1.54, 1.807) is 31.7 Å². The molecule has 4 aromatic rings. The van der Waals surface area contributed by atoms with Gasteiger partial charge in [-0.05, 0) is 42.0 Å². The third kappa shape index (κ3) is 6.95. The second-order valence-electron chi connectivity index (χ2n) is 7.25. The zero-order valence-electron chi connectivity index (χ0n) is 18.7. The van der Waals surface area contributed by atoms with Crippen LogP contribution in [0.3, 0.4) is 0 Å². The van der Waals surface area contributed by atoms with Gasteiger partial charge in [-0.15, -0.1) is 24.0 Å². The Morgan fingerprint density at radius 1 is 0.912 bits per heavy atom. The van der Waals surface area contributed by atoms with Crippen molar-refractivity contribution in [1.82, 2.24) is 20.9 Å². The molecule has 3 N–H and O–H groups in total. The molecule has 0 aliphatic rings. The van der Waals surface area contributed by atoms with Gasteiger partial charge in [-0.25, -0.2) is 4.98 Å². The molecule has 0 unspecified atom stereocenters. The minimum Gasteiger partial charge on any atom is -0.467 e. The van der Waals surface area contributed by atoms with Crippen LogP contribution in [0.4, 0.5) is 0 Å². The number of aromatic nitrogens is 1. The van der Waals surface area contributed by atoms with Crippen molar-refractivity contribution in [3.63, 3.8) is 0 Å². The molecule has 2 aromatic heterocycles. The molecule has 1 amide bonds. The standard InChI is InChI=1S/C25H25N5O3.HI/c1-26-25(29-15-21-17-33-24(30-21)19-8-3-2-4-9-19)28-14-18-7-5-10-20(13-18)23(31)27-16-22-11-6-12-32-22;/h2-13,17H,14-16H2,1H3,(H,27,31)(H2,26,28,29);1H. The summed E-state index contributed by atoms with van der Waals surface area (Å²) in [6.07, 6.45) is 3.22. The highest BCUT2D eigenvalue weighted by molar-refractivity contribution is 14.0. The summed E-state index contributed by atoms with van der Waals surface area (Å²) in [6, 6.07) is 20.8. The Kier molecular flexibility index (Phi) is 9.27. The van der Waals surface area contributed by atoms with Gasteiger partial charge < -0.3 is 24.8 Å². The molecular weight excluding hydrogens is 545 g/mol. The van der Waals surface area contributed by atoms with Gasteiger partial charge in [0.05, 0.1) is 25.0 Å². The Balaban J connectivity index is 0.00000324. The number of hydrogen-bond acceptors (Lipinski definition) is 5. The first-order chi connectivity index (χ1) is 16.2. The summed E-state index contributed by atoms with van der Waals surface area (Å²) in [5.41, 5.74) is 3.24. The van der Waals surface area contributed by atoms with Crippen LogP contribution in [-0.4, -0.2) is 23.9 Å². The number of aliphatic imine (C=N–C) groups is 1. The van der Waals surface area contributed by atoms with Crippen molar-refractivity contribution < 1.29 is 13.6 Å². The number of carbonyl (C=O) groups is 1. The number of amides is 1. The minimum absolute atomic E-state index is 0. The Bertz CT molecular complexity index is 1210. The van der Waals surface area contributed by atoms with Crippen LogP contribution < -0.4 is 16.0 Å². The van der Waals surface area contributed by atoms with E-state index in [4.69, 9.17) is 8.83 Å². The molecule has 8 nitrogen and oxygen atoms in total. The number of oxazole rings is 1. The summed E-state index contributed by atoms with van der Waals surface area (Å²) in [7, 11) is 1.70. The van der Waals surface area contributed by atoms with Crippen molar-refractivity contribution in [3.05, 3.63) is 102 Å². The predicted octanol–water partition coefficient (Wildman–Crippen LogP) is 4.35. The number of rotatable bonds is 8. The van der Waals surface area contributed by atoms with Gasteiger partial charge in [-0.1, -0.05) is 30.3 Å². The van der Waals surface area contributed by atoms with Crippen LogP contribution in [0, 0.1) is 0 Å². The van der Waals surface area contributed by atoms with E-state index in [2.05, 4.69) is 25.9 Å². The monoisotopic (exact) mass is 571 g/mol. The highest BCUT2D eigenvalue weighted by atomic mass is 127. The van der Waals surface area contributed by atoms with E-state index in [1.807, 2.05) is 54.6 Å². The van der Waals surface area contributed by atoms with Crippen molar-refractivity contribution in [2.45, 2.75) is 19.6 Å². The molecule has 2 aromatic carbocycles. The topological polar surface area (TPSA) is 105 Å². The number of nitrogens with zero attached hydrogens (tertiary/aromatic N) is 2. The normalized spacial score (nSPS) is 10.9. The van der Waals surface area contributed by atoms with E-state index in [1.165, 1.54) is 0 Å². The highest BCUT2D eigenvalue weighted by Crippen LogP contribution is 2.17. The minimum atomic E-state index is -0.156. The number of hydrogen-bond donors (Lipinski definition) is 3. The average Bonchev–Trinajstić information content (AvgIpc) is 3.56. The SMILES string of the molecule is CN=C(NCc1cccc(C(=O)NCc2ccco2)c1)NCc1coc(-c2ccccc2)n1.I. The third-order valence-electron chi connectivity index (χ3n) is 4.89. The summed E-state index contributed by atoms with van der Waals surface area (Å²) in [5.74, 6) is 1.75. The van der Waals surface area contributed by atoms with Crippen molar-refractivity contribution in [2.75, 3.05) is 7.05 Å². The lowest BCUT2D eigenvalue weighted by Crippen LogP contribution is -2.36. The van der Waals surface area contributed by atoms with Crippen molar-refractivity contribution in [1.29, 1.82) is 0 Å². The van der Waals surface area contributed by atoms with Crippen LogP contribution in [0.15, 0.2) is 93.1 Å². The van der Waals surface area contributed by atoms with Gasteiger partial charge in [0.25, 0.3) is 5.91 Å². The summed E-state index contributed by atoms with van der Waals surface area (Å²) < 4.78 is 10.8. The average molecular weight is 571 g/mol. The first-order valence-corrected chi connectivity index (χ1v) is 10.5. The van der Waals surface area contributed by atoms with E-state index in [9.17, 15) is 4.79 Å². The maximum Gasteiger partial charge on any atom is 0.251 e. The molecule has 34 heavy (non-hydrogen) atoms. The van der Waals surface area contributed by atoms with Crippen molar-refractivity contribution >= 4 is 35.8 Å². The molecule has 4 rings (SSSR count). The van der Waals surface area contributed by atoms with Crippen molar-refractivity contribution in [2.24, 2.45) is 4.99 Å². The molecule has 0 aliphatic carbocycles. The molecule has 0 spiro atoms. The van der Waals surface area contributed by atoms with E-state index in [0.29, 0.717) is 42.8 Å². The molecular formula is C25H26IN5O3. The van der Waals surface area contributed by atoms with Gasteiger partial charge in [0.2, 0.25) is 5.89 Å². The fraction of sp³-hybridized carbons (Fsp3) is 0.160. The molecule has 0 bridgehead atoms. The third-order valence-corrected chi connectivity index (χ3v) is 4.89. The zero-order valence-corrected chi connectivity index (χ0v) is 21.0. The molecule has 0 saturated heterocycles. The second-order valence-corrected chi connectivity index (χ2v) is 7.25. The first kappa shape index (κ1) is 25.0. The number of furan rings is 1. The number of guanidine groups is 1. The van der Waals surface area contributed by atoms with E-state index >= 15 is 0 Å². The first-order valence-electron chi connectivity index (χ1n) is 10.5. The van der Waals surface area contributed by atoms with E-state index in [-0.39, 0.29) is 29.9 Å². The van der Waals surface area contributed by atoms with Gasteiger partial charge >= 0.3 is 0 Å². The summed E-state index contributed by atoms with van der Waals surface area (Å²) in [4.78, 5) is 21.2. The largest absolute Gasteiger partial charge is 0.467 e. The zero-order chi connectivity index (χ0) is 22.9. The van der Waals surface area contributed by atoms with Crippen LogP contribution in [0.25, 0.3) is 11.5 Å². The Hall–Kier alpha value is -3.60. The van der Waals surface area contributed by atoms with Crippen molar-refractivity contribution in [3.8, 4) is 11.5 Å². The molecule has 9 heteroatoms. The van der Waals surface area contributed by atoms with Crippen LogP contribution in [0.5, 0.6) is 0 Å². The molecule has 0 aliphatic heterocycles. The molecule has 0 atom stereocenters. The molecule has 0 fully saturated rings. The van der Waals surface area contributed by atoms with Gasteiger partial charge in [-0.2, -0.15) is 0 Å². The molecule has 0 saturated carbocycles. The second kappa shape index (κ2) is 12.6. The number of halogens is 1. The van der Waals surface area contributed by atoms with Crippen LogP contribution in [-0.2, 0) is 19.6 Å². The predicted molar refractivity (Wildman–Crippen MR) is 141 cm³/mol. The summed E-state index contributed by atoms with van der Waals surface area (Å²) >= 11 is 0. The maximum absolute atomic E-state index is 12.4. The summed E-state index contributed by atoms with van der Waals surface area (Å²) in [5, 5.41) is 9.32. The van der Waals surface area contributed by atoms with Gasteiger partial charge in [0.1, 0.15) is 12.0 Å². The highest BCUT2D eigenvalue weighted by Gasteiger charge is 2.09. The quantitative estimate of drug-likeness (QED) is 0.165. The smallest absolute Gasteiger partial charge is 0.251 e. The Morgan fingerprint density at radius 2 is 1.74 bits per heavy atom. The van der Waals surface area contributed by atoms with E-state index in [0.717, 1.165) is 16.8 Å². The number of carbonyl (C=O) groups excluding carboxylic acids is 1. The molecule has 0 radical (unpaired) electrons. The maximum atomic E-state index is 12.4. The fourth-order valence-corrected chi connectivity index (χ4v) is 3.19. The Morgan fingerprint density at radius 3 is 2.50 bits per heavy atom. The van der Waals surface area contributed by atoms with Gasteiger partial charge in [0.15, 0.2) is 5.96 Å². The lowest BCUT2D eigenvalue weighted by Gasteiger charge is -2.11. The molecule has 176 valence electrons.